The van der Waals surface area contributed by atoms with Crippen molar-refractivity contribution in [3.63, 3.8) is 0 Å². The molecule has 1 aliphatic rings. The predicted octanol–water partition coefficient (Wildman–Crippen LogP) is 7.02. The van der Waals surface area contributed by atoms with Gasteiger partial charge in [-0.25, -0.2) is 9.97 Å². The zero-order chi connectivity index (χ0) is 24.6. The van der Waals surface area contributed by atoms with Gasteiger partial charge in [0.25, 0.3) is 0 Å². The Labute approximate surface area is 214 Å². The lowest BCUT2D eigenvalue weighted by Crippen LogP contribution is -2.31. The largest absolute Gasteiger partial charge is 0.456 e. The van der Waals surface area contributed by atoms with Gasteiger partial charge in [-0.1, -0.05) is 36.4 Å². The average molecular weight is 487 g/mol. The molecule has 0 N–H and O–H groups in total. The molecule has 6 aromatic rings. The van der Waals surface area contributed by atoms with Gasteiger partial charge in [-0.15, -0.1) is 0 Å². The first-order valence-corrected chi connectivity index (χ1v) is 12.7. The molecule has 7 rings (SSSR count). The van der Waals surface area contributed by atoms with E-state index >= 15 is 0 Å². The number of nitrogens with zero attached hydrogens (tertiary/aromatic N) is 4. The molecule has 5 heterocycles. The van der Waals surface area contributed by atoms with Crippen molar-refractivity contribution in [1.29, 1.82) is 0 Å². The third kappa shape index (κ3) is 4.20. The van der Waals surface area contributed by atoms with Crippen LogP contribution in [0.4, 0.5) is 11.6 Å². The second kappa shape index (κ2) is 9.13. The molecule has 0 unspecified atom stereocenters. The number of para-hydroxylation sites is 2. The van der Waals surface area contributed by atoms with Crippen LogP contribution in [0.2, 0.25) is 0 Å². The minimum absolute atomic E-state index is 0.847. The number of anilines is 2. The van der Waals surface area contributed by atoms with E-state index in [1.54, 1.807) is 0 Å². The van der Waals surface area contributed by atoms with Gasteiger partial charge >= 0.3 is 0 Å². The van der Waals surface area contributed by atoms with E-state index in [0.717, 1.165) is 88.8 Å². The first-order valence-electron chi connectivity index (χ1n) is 12.7. The van der Waals surface area contributed by atoms with Crippen LogP contribution in [0.1, 0.15) is 6.42 Å². The van der Waals surface area contributed by atoms with Gasteiger partial charge in [-0.2, -0.15) is 0 Å². The highest BCUT2D eigenvalue weighted by molar-refractivity contribution is 5.83. The summed E-state index contributed by atoms with van der Waals surface area (Å²) in [6.45, 7) is 3.71. The zero-order valence-electron chi connectivity index (χ0n) is 20.4. The molecule has 1 fully saturated rings. The van der Waals surface area contributed by atoms with E-state index in [9.17, 15) is 0 Å². The summed E-state index contributed by atoms with van der Waals surface area (Å²) in [5.74, 6) is 3.68. The molecular weight excluding hydrogens is 460 g/mol. The molecule has 1 aliphatic heterocycles. The highest BCUT2D eigenvalue weighted by Gasteiger charge is 2.18. The Bertz CT molecular complexity index is 1480. The fraction of sp³-hybridized carbons (Fsp3) is 0.161. The van der Waals surface area contributed by atoms with E-state index in [0.29, 0.717) is 0 Å². The molecule has 37 heavy (non-hydrogen) atoms. The lowest BCUT2D eigenvalue weighted by molar-refractivity contribution is 0.631. The standard InChI is InChI=1S/C31H26N4O2/c1-3-8-26-22(6-1)18-28(36-26)24-10-12-30(32-20-24)34-14-5-15-35(17-16-34)31-13-11-25(21-33-31)29-19-23-7-2-4-9-27(23)37-29/h1-4,6-13,18-21H,5,14-17H2. The molecule has 6 nitrogen and oxygen atoms in total. The highest BCUT2D eigenvalue weighted by Crippen LogP contribution is 2.30. The Kier molecular flexibility index (Phi) is 5.35. The molecule has 0 radical (unpaired) electrons. The van der Waals surface area contributed by atoms with Crippen molar-refractivity contribution in [1.82, 2.24) is 9.97 Å². The molecule has 1 saturated heterocycles. The average Bonchev–Trinajstić information content (AvgIpc) is 3.51. The molecule has 6 heteroatoms. The van der Waals surface area contributed by atoms with E-state index in [1.165, 1.54) is 0 Å². The summed E-state index contributed by atoms with van der Waals surface area (Å²) < 4.78 is 12.0. The molecule has 0 bridgehead atoms. The van der Waals surface area contributed by atoms with Crippen molar-refractivity contribution in [2.75, 3.05) is 36.0 Å². The van der Waals surface area contributed by atoms with Crippen LogP contribution in [-0.4, -0.2) is 36.1 Å². The summed E-state index contributed by atoms with van der Waals surface area (Å²) in [5.41, 5.74) is 3.78. The highest BCUT2D eigenvalue weighted by atomic mass is 16.3. The maximum absolute atomic E-state index is 6.00. The molecule has 2 aromatic carbocycles. The quantitative estimate of drug-likeness (QED) is 0.267. The van der Waals surface area contributed by atoms with Gasteiger partial charge in [0.2, 0.25) is 0 Å². The van der Waals surface area contributed by atoms with Crippen molar-refractivity contribution < 1.29 is 8.83 Å². The SMILES string of the molecule is c1ccc2oc(-c3ccc(N4CCCN(c5ccc(-c6cc7ccccc7o6)cn5)CC4)nc3)cc2c1. The van der Waals surface area contributed by atoms with Crippen LogP contribution >= 0.6 is 0 Å². The van der Waals surface area contributed by atoms with Crippen molar-refractivity contribution in [3.8, 4) is 22.6 Å². The second-order valence-electron chi connectivity index (χ2n) is 9.43. The minimum Gasteiger partial charge on any atom is -0.456 e. The van der Waals surface area contributed by atoms with Crippen molar-refractivity contribution >= 4 is 33.6 Å². The molecule has 4 aromatic heterocycles. The third-order valence-corrected chi connectivity index (χ3v) is 7.06. The fourth-order valence-electron chi connectivity index (χ4n) is 5.06. The monoisotopic (exact) mass is 486 g/mol. The summed E-state index contributed by atoms with van der Waals surface area (Å²) >= 11 is 0. The van der Waals surface area contributed by atoms with Gasteiger partial charge in [0.15, 0.2) is 0 Å². The third-order valence-electron chi connectivity index (χ3n) is 7.06. The number of hydrogen-bond donors (Lipinski definition) is 0. The summed E-state index contributed by atoms with van der Waals surface area (Å²) in [7, 11) is 0. The van der Waals surface area contributed by atoms with Gasteiger partial charge in [0.05, 0.1) is 0 Å². The second-order valence-corrected chi connectivity index (χ2v) is 9.43. The van der Waals surface area contributed by atoms with Crippen LogP contribution in [0.5, 0.6) is 0 Å². The van der Waals surface area contributed by atoms with Gasteiger partial charge in [-0.3, -0.25) is 0 Å². The van der Waals surface area contributed by atoms with E-state index in [4.69, 9.17) is 18.8 Å². The van der Waals surface area contributed by atoms with Crippen molar-refractivity contribution in [3.05, 3.63) is 97.3 Å². The van der Waals surface area contributed by atoms with Crippen LogP contribution < -0.4 is 9.80 Å². The first kappa shape index (κ1) is 21.7. The Morgan fingerprint density at radius 3 is 1.46 bits per heavy atom. The number of rotatable bonds is 4. The molecule has 182 valence electrons. The lowest BCUT2D eigenvalue weighted by Gasteiger charge is -2.23. The maximum atomic E-state index is 6.00. The van der Waals surface area contributed by atoms with Crippen molar-refractivity contribution in [2.45, 2.75) is 6.42 Å². The molecular formula is C31H26N4O2. The van der Waals surface area contributed by atoms with E-state index in [-0.39, 0.29) is 0 Å². The summed E-state index contributed by atoms with van der Waals surface area (Å²) in [5, 5.41) is 2.21. The normalized spacial score (nSPS) is 14.4. The van der Waals surface area contributed by atoms with Crippen molar-refractivity contribution in [2.24, 2.45) is 0 Å². The Hall–Kier alpha value is -4.58. The van der Waals surface area contributed by atoms with Crippen LogP contribution in [0.3, 0.4) is 0 Å². The summed E-state index contributed by atoms with van der Waals surface area (Å²) in [6, 6.07) is 28.7. The van der Waals surface area contributed by atoms with Crippen LogP contribution in [0, 0.1) is 0 Å². The van der Waals surface area contributed by atoms with Gasteiger partial charge in [0, 0.05) is 60.5 Å². The number of furan rings is 2. The molecule has 0 spiro atoms. The zero-order valence-corrected chi connectivity index (χ0v) is 20.4. The number of benzene rings is 2. The number of fused-ring (bicyclic) bond motifs is 2. The molecule has 0 atom stereocenters. The van der Waals surface area contributed by atoms with Crippen LogP contribution in [-0.2, 0) is 0 Å². The van der Waals surface area contributed by atoms with Crippen LogP contribution in [0.25, 0.3) is 44.6 Å². The smallest absolute Gasteiger partial charge is 0.136 e. The van der Waals surface area contributed by atoms with Gasteiger partial charge < -0.3 is 18.6 Å². The van der Waals surface area contributed by atoms with Gasteiger partial charge in [-0.05, 0) is 55.0 Å². The predicted molar refractivity (Wildman–Crippen MR) is 148 cm³/mol. The number of hydrogen-bond acceptors (Lipinski definition) is 6. The van der Waals surface area contributed by atoms with E-state index < -0.39 is 0 Å². The first-order chi connectivity index (χ1) is 18.3. The van der Waals surface area contributed by atoms with E-state index in [2.05, 4.69) is 58.3 Å². The fourth-order valence-corrected chi connectivity index (χ4v) is 5.06. The molecule has 0 saturated carbocycles. The van der Waals surface area contributed by atoms with E-state index in [1.807, 2.05) is 48.8 Å². The Morgan fingerprint density at radius 1 is 0.541 bits per heavy atom. The van der Waals surface area contributed by atoms with Crippen LogP contribution in [0.15, 0.2) is 106 Å². The molecule has 0 aliphatic carbocycles. The topological polar surface area (TPSA) is 58.5 Å². The Balaban J connectivity index is 1.03. The minimum atomic E-state index is 0.847. The lowest BCUT2D eigenvalue weighted by atomic mass is 10.2. The number of pyridine rings is 2. The number of aromatic nitrogens is 2. The summed E-state index contributed by atoms with van der Waals surface area (Å²) in [4.78, 5) is 14.3. The van der Waals surface area contributed by atoms with Gasteiger partial charge in [0.1, 0.15) is 34.3 Å². The molecule has 0 amide bonds. The summed E-state index contributed by atoms with van der Waals surface area (Å²) in [6.07, 6.45) is 4.86. The maximum Gasteiger partial charge on any atom is 0.136 e. The Morgan fingerprint density at radius 2 is 1.03 bits per heavy atom.